The maximum absolute atomic E-state index is 11.8. The van der Waals surface area contributed by atoms with Crippen LogP contribution in [0.2, 0.25) is 0 Å². The number of aromatic nitrogens is 3. The molecule has 19 heavy (non-hydrogen) atoms. The van der Waals surface area contributed by atoms with E-state index in [0.29, 0.717) is 0 Å². The minimum atomic E-state index is -1.66. The number of thiophene rings is 1. The van der Waals surface area contributed by atoms with Crippen molar-refractivity contribution in [3.05, 3.63) is 34.8 Å². The van der Waals surface area contributed by atoms with Crippen LogP contribution in [0.25, 0.3) is 0 Å². The maximum Gasteiger partial charge on any atom is 0.477 e. The predicted molar refractivity (Wildman–Crippen MR) is 70.2 cm³/mol. The Labute approximate surface area is 114 Å². The van der Waals surface area contributed by atoms with Crippen LogP contribution >= 0.6 is 11.3 Å². The number of amides is 1. The first-order valence-electron chi connectivity index (χ1n) is 5.67. The number of nitrogens with one attached hydrogen (secondary N) is 1. The molecular formula is C10H13BN4O3S. The van der Waals surface area contributed by atoms with Crippen LogP contribution in [0.1, 0.15) is 4.88 Å². The Bertz CT molecular complexity index is 503. The summed E-state index contributed by atoms with van der Waals surface area (Å²) in [4.78, 5) is 12.7. The summed E-state index contributed by atoms with van der Waals surface area (Å²) in [5.74, 6) is -1.09. The summed E-state index contributed by atoms with van der Waals surface area (Å²) in [6, 6.07) is 3.72. The van der Waals surface area contributed by atoms with Gasteiger partial charge in [-0.15, -0.1) is 16.4 Å². The van der Waals surface area contributed by atoms with E-state index in [4.69, 9.17) is 0 Å². The summed E-state index contributed by atoms with van der Waals surface area (Å²) in [5.41, 5.74) is 0. The average Bonchev–Trinajstić information content (AvgIpc) is 3.00. The minimum absolute atomic E-state index is 0.147. The number of nitrogens with zero attached hydrogens (tertiary/aromatic N) is 3. The number of hydrogen-bond acceptors (Lipinski definition) is 6. The van der Waals surface area contributed by atoms with Gasteiger partial charge in [0.25, 0.3) is 0 Å². The summed E-state index contributed by atoms with van der Waals surface area (Å²) in [5, 5.41) is 30.3. The zero-order chi connectivity index (χ0) is 13.7. The van der Waals surface area contributed by atoms with Crippen molar-refractivity contribution in [2.75, 3.05) is 0 Å². The Morgan fingerprint density at radius 2 is 2.42 bits per heavy atom. The molecule has 0 spiro atoms. The summed E-state index contributed by atoms with van der Waals surface area (Å²) in [6.45, 7) is 0.147. The predicted octanol–water partition coefficient (Wildman–Crippen LogP) is -0.921. The van der Waals surface area contributed by atoms with E-state index >= 15 is 0 Å². The molecule has 0 unspecified atom stereocenters. The van der Waals surface area contributed by atoms with Crippen LogP contribution < -0.4 is 5.32 Å². The highest BCUT2D eigenvalue weighted by Crippen LogP contribution is 2.09. The molecule has 2 heterocycles. The van der Waals surface area contributed by atoms with Gasteiger partial charge in [-0.05, 0) is 11.4 Å². The van der Waals surface area contributed by atoms with E-state index in [-0.39, 0.29) is 18.9 Å². The molecule has 0 aliphatic carbocycles. The summed E-state index contributed by atoms with van der Waals surface area (Å²) in [7, 11) is -1.66. The quantitative estimate of drug-likeness (QED) is 0.594. The molecule has 0 saturated heterocycles. The van der Waals surface area contributed by atoms with Crippen molar-refractivity contribution in [1.82, 2.24) is 20.3 Å². The highest BCUT2D eigenvalue weighted by atomic mass is 32.1. The van der Waals surface area contributed by atoms with Crippen LogP contribution in [-0.4, -0.2) is 44.0 Å². The van der Waals surface area contributed by atoms with E-state index in [2.05, 4.69) is 15.6 Å². The first-order valence-corrected chi connectivity index (χ1v) is 6.55. The zero-order valence-corrected chi connectivity index (χ0v) is 10.8. The molecule has 2 aromatic rings. The fraction of sp³-hybridized carbons (Fsp3) is 0.300. The van der Waals surface area contributed by atoms with Gasteiger partial charge >= 0.3 is 7.12 Å². The molecule has 0 aromatic carbocycles. The Morgan fingerprint density at radius 3 is 3.00 bits per heavy atom. The second kappa shape index (κ2) is 6.46. The summed E-state index contributed by atoms with van der Waals surface area (Å²) >= 11 is 1.48. The van der Waals surface area contributed by atoms with Crippen LogP contribution in [0.3, 0.4) is 0 Å². The van der Waals surface area contributed by atoms with Gasteiger partial charge in [0.1, 0.15) is 0 Å². The molecule has 1 amide bonds. The maximum atomic E-state index is 11.8. The third kappa shape index (κ3) is 4.16. The molecule has 0 radical (unpaired) electrons. The summed E-state index contributed by atoms with van der Waals surface area (Å²) in [6.07, 6.45) is 3.29. The molecule has 0 fully saturated rings. The standard InChI is InChI=1S/C10H13BN4O3S/c16-10(6-8-2-1-5-19-8)13-9(11(17)18)7-15-4-3-12-14-15/h1-5,9,17-18H,6-7H2,(H,13,16)/t9-/m0/s1. The van der Waals surface area contributed by atoms with Gasteiger partial charge in [-0.1, -0.05) is 11.3 Å². The van der Waals surface area contributed by atoms with Crippen molar-refractivity contribution in [3.63, 3.8) is 0 Å². The molecule has 2 aromatic heterocycles. The van der Waals surface area contributed by atoms with Crippen molar-refractivity contribution in [1.29, 1.82) is 0 Å². The van der Waals surface area contributed by atoms with Gasteiger partial charge in [0.05, 0.1) is 25.1 Å². The molecule has 2 rings (SSSR count). The molecule has 3 N–H and O–H groups in total. The Hall–Kier alpha value is -1.71. The van der Waals surface area contributed by atoms with Gasteiger partial charge in [-0.2, -0.15) is 0 Å². The molecule has 0 aliphatic rings. The van der Waals surface area contributed by atoms with Crippen molar-refractivity contribution < 1.29 is 14.8 Å². The van der Waals surface area contributed by atoms with Crippen LogP contribution in [0.4, 0.5) is 0 Å². The Balaban J connectivity index is 1.91. The minimum Gasteiger partial charge on any atom is -0.426 e. The van der Waals surface area contributed by atoms with Crippen molar-refractivity contribution in [3.8, 4) is 0 Å². The Kier molecular flexibility index (Phi) is 4.66. The lowest BCUT2D eigenvalue weighted by Gasteiger charge is -2.17. The molecule has 0 saturated carbocycles. The lowest BCUT2D eigenvalue weighted by molar-refractivity contribution is -0.120. The van der Waals surface area contributed by atoms with Crippen molar-refractivity contribution >= 4 is 24.4 Å². The van der Waals surface area contributed by atoms with Crippen molar-refractivity contribution in [2.24, 2.45) is 0 Å². The van der Waals surface area contributed by atoms with Gasteiger partial charge < -0.3 is 15.4 Å². The smallest absolute Gasteiger partial charge is 0.426 e. The molecular weight excluding hydrogens is 267 g/mol. The number of carbonyl (C=O) groups excluding carboxylic acids is 1. The SMILES string of the molecule is O=C(Cc1cccs1)N[C@@H](Cn1ccnn1)B(O)O. The molecule has 1 atom stereocenters. The van der Waals surface area contributed by atoms with Gasteiger partial charge in [-0.25, -0.2) is 0 Å². The second-order valence-corrected chi connectivity index (χ2v) is 5.00. The number of hydrogen-bond donors (Lipinski definition) is 3. The van der Waals surface area contributed by atoms with Crippen LogP contribution in [-0.2, 0) is 17.8 Å². The molecule has 7 nitrogen and oxygen atoms in total. The Morgan fingerprint density at radius 1 is 1.58 bits per heavy atom. The van der Waals surface area contributed by atoms with Crippen molar-refractivity contribution in [2.45, 2.75) is 18.9 Å². The zero-order valence-electron chi connectivity index (χ0n) is 10.0. The first kappa shape index (κ1) is 13.7. The van der Waals surface area contributed by atoms with Gasteiger partial charge in [0.15, 0.2) is 0 Å². The van der Waals surface area contributed by atoms with Crippen LogP contribution in [0.15, 0.2) is 29.9 Å². The van der Waals surface area contributed by atoms with E-state index in [1.807, 2.05) is 17.5 Å². The lowest BCUT2D eigenvalue weighted by Crippen LogP contribution is -2.49. The van der Waals surface area contributed by atoms with Gasteiger partial charge in [-0.3, -0.25) is 9.48 Å². The van der Waals surface area contributed by atoms with E-state index in [0.717, 1.165) is 4.88 Å². The van der Waals surface area contributed by atoms with E-state index in [1.54, 1.807) is 6.20 Å². The first-order chi connectivity index (χ1) is 9.15. The molecule has 9 heteroatoms. The van der Waals surface area contributed by atoms with Crippen LogP contribution in [0.5, 0.6) is 0 Å². The highest BCUT2D eigenvalue weighted by Gasteiger charge is 2.26. The third-order valence-electron chi connectivity index (χ3n) is 2.48. The van der Waals surface area contributed by atoms with Gasteiger partial charge in [0.2, 0.25) is 5.91 Å². The molecule has 0 aliphatic heterocycles. The number of carbonyl (C=O) groups is 1. The fourth-order valence-corrected chi connectivity index (χ4v) is 2.28. The monoisotopic (exact) mass is 280 g/mol. The topological polar surface area (TPSA) is 100 Å². The molecule has 0 bridgehead atoms. The average molecular weight is 280 g/mol. The van der Waals surface area contributed by atoms with E-state index in [1.165, 1.54) is 22.2 Å². The molecule has 100 valence electrons. The highest BCUT2D eigenvalue weighted by molar-refractivity contribution is 7.10. The summed E-state index contributed by atoms with van der Waals surface area (Å²) < 4.78 is 1.43. The van der Waals surface area contributed by atoms with E-state index in [9.17, 15) is 14.8 Å². The van der Waals surface area contributed by atoms with Gasteiger partial charge in [0, 0.05) is 11.1 Å². The largest absolute Gasteiger partial charge is 0.477 e. The number of rotatable bonds is 6. The normalized spacial score (nSPS) is 12.1. The fourth-order valence-electron chi connectivity index (χ4n) is 1.58. The van der Waals surface area contributed by atoms with E-state index < -0.39 is 13.1 Å². The lowest BCUT2D eigenvalue weighted by atomic mass is 9.79. The van der Waals surface area contributed by atoms with Crippen LogP contribution in [0, 0.1) is 0 Å². The second-order valence-electron chi connectivity index (χ2n) is 3.97. The third-order valence-corrected chi connectivity index (χ3v) is 3.35.